The summed E-state index contributed by atoms with van der Waals surface area (Å²) < 4.78 is 0. The molecule has 2 aromatic rings. The molecular weight excluding hydrogens is 332 g/mol. The number of carbonyl (C=O) groups is 2. The van der Waals surface area contributed by atoms with Crippen LogP contribution >= 0.6 is 0 Å². The molecular formula is C18H20N6O2. The van der Waals surface area contributed by atoms with E-state index in [9.17, 15) is 9.59 Å². The third-order valence-corrected chi connectivity index (χ3v) is 5.64. The Balaban J connectivity index is 1.27. The van der Waals surface area contributed by atoms with Gasteiger partial charge in [-0.15, -0.1) is 0 Å². The third kappa shape index (κ3) is 2.66. The summed E-state index contributed by atoms with van der Waals surface area (Å²) >= 11 is 0. The van der Waals surface area contributed by atoms with Crippen molar-refractivity contribution in [3.63, 3.8) is 0 Å². The lowest BCUT2D eigenvalue weighted by molar-refractivity contribution is -0.122. The highest BCUT2D eigenvalue weighted by molar-refractivity contribution is 5.97. The summed E-state index contributed by atoms with van der Waals surface area (Å²) in [7, 11) is 0. The van der Waals surface area contributed by atoms with E-state index in [4.69, 9.17) is 4.98 Å². The summed E-state index contributed by atoms with van der Waals surface area (Å²) in [5.74, 6) is 1.76. The van der Waals surface area contributed by atoms with Crippen molar-refractivity contribution in [2.45, 2.75) is 12.6 Å². The first-order valence-corrected chi connectivity index (χ1v) is 8.97. The number of rotatable bonds is 2. The van der Waals surface area contributed by atoms with Crippen molar-refractivity contribution in [3.8, 4) is 0 Å². The molecule has 1 aromatic heterocycles. The lowest BCUT2D eigenvalue weighted by Crippen LogP contribution is -2.58. The van der Waals surface area contributed by atoms with Crippen LogP contribution < -0.4 is 15.5 Å². The molecule has 0 aliphatic carbocycles. The predicted molar refractivity (Wildman–Crippen MR) is 95.4 cm³/mol. The van der Waals surface area contributed by atoms with E-state index < -0.39 is 6.03 Å². The molecule has 3 saturated heterocycles. The molecule has 0 bridgehead atoms. The number of hydrogen-bond donors (Lipinski definition) is 2. The first-order valence-electron chi connectivity index (χ1n) is 8.97. The fourth-order valence-electron chi connectivity index (χ4n) is 4.38. The number of nitrogens with zero attached hydrogens (tertiary/aromatic N) is 4. The Bertz CT molecular complexity index is 857. The molecule has 4 heterocycles. The molecule has 0 spiro atoms. The van der Waals surface area contributed by atoms with Crippen LogP contribution in [0.15, 0.2) is 30.5 Å². The first-order chi connectivity index (χ1) is 12.7. The van der Waals surface area contributed by atoms with Gasteiger partial charge in [0, 0.05) is 26.2 Å². The van der Waals surface area contributed by atoms with E-state index in [1.165, 1.54) is 0 Å². The number of anilines is 1. The Morgan fingerprint density at radius 2 is 1.73 bits per heavy atom. The largest absolute Gasteiger partial charge is 0.355 e. The Kier molecular flexibility index (Phi) is 3.53. The van der Waals surface area contributed by atoms with E-state index in [2.05, 4.69) is 25.4 Å². The quantitative estimate of drug-likeness (QED) is 0.821. The molecule has 5 rings (SSSR count). The van der Waals surface area contributed by atoms with Gasteiger partial charge in [-0.2, -0.15) is 0 Å². The summed E-state index contributed by atoms with van der Waals surface area (Å²) in [4.78, 5) is 37.0. The average molecular weight is 352 g/mol. The van der Waals surface area contributed by atoms with Crippen molar-refractivity contribution in [2.24, 2.45) is 11.8 Å². The molecule has 0 radical (unpaired) electrons. The second-order valence-corrected chi connectivity index (χ2v) is 7.34. The molecule has 8 nitrogen and oxygen atoms in total. The molecule has 2 N–H and O–H groups in total. The van der Waals surface area contributed by atoms with Gasteiger partial charge in [0.05, 0.1) is 29.8 Å². The lowest BCUT2D eigenvalue weighted by atomic mass is 10.0. The standard InChI is InChI=1S/C18H20N6O2/c25-17-5-15(21-18(26)22-17)23-7-11-9-24(10-12(11)8-23)16-6-19-13-3-1-2-4-14(13)20-16/h1-4,6,11-12,15H,5,7-10H2,(H2,21,22,25,26). The highest BCUT2D eigenvalue weighted by atomic mass is 16.2. The smallest absolute Gasteiger partial charge is 0.322 e. The van der Waals surface area contributed by atoms with Gasteiger partial charge in [-0.25, -0.2) is 9.78 Å². The number of imide groups is 1. The molecule has 3 aliphatic heterocycles. The third-order valence-electron chi connectivity index (χ3n) is 5.64. The minimum atomic E-state index is -0.392. The van der Waals surface area contributed by atoms with Gasteiger partial charge in [0.15, 0.2) is 0 Å². The van der Waals surface area contributed by atoms with E-state index >= 15 is 0 Å². The van der Waals surface area contributed by atoms with Gasteiger partial charge in [-0.3, -0.25) is 20.0 Å². The van der Waals surface area contributed by atoms with Gasteiger partial charge in [-0.05, 0) is 24.0 Å². The van der Waals surface area contributed by atoms with Crippen molar-refractivity contribution in [1.29, 1.82) is 0 Å². The molecule has 3 atom stereocenters. The summed E-state index contributed by atoms with van der Waals surface area (Å²) in [5, 5.41) is 5.15. The topological polar surface area (TPSA) is 90.5 Å². The monoisotopic (exact) mass is 352 g/mol. The summed E-state index contributed by atoms with van der Waals surface area (Å²) in [6.45, 7) is 3.64. The van der Waals surface area contributed by atoms with Crippen molar-refractivity contribution in [3.05, 3.63) is 30.5 Å². The van der Waals surface area contributed by atoms with Crippen molar-refractivity contribution in [2.75, 3.05) is 31.1 Å². The van der Waals surface area contributed by atoms with E-state index in [-0.39, 0.29) is 12.1 Å². The van der Waals surface area contributed by atoms with Crippen molar-refractivity contribution in [1.82, 2.24) is 25.5 Å². The highest BCUT2D eigenvalue weighted by Crippen LogP contribution is 2.34. The fraction of sp³-hybridized carbons (Fsp3) is 0.444. The Hall–Kier alpha value is -2.74. The van der Waals surface area contributed by atoms with E-state index in [0.717, 1.165) is 43.0 Å². The van der Waals surface area contributed by atoms with Gasteiger partial charge in [-0.1, -0.05) is 12.1 Å². The molecule has 3 aliphatic rings. The number of aromatic nitrogens is 2. The average Bonchev–Trinajstić information content (AvgIpc) is 3.19. The van der Waals surface area contributed by atoms with Gasteiger partial charge in [0.2, 0.25) is 5.91 Å². The van der Waals surface area contributed by atoms with Crippen LogP contribution in [-0.2, 0) is 4.79 Å². The van der Waals surface area contributed by atoms with Crippen molar-refractivity contribution < 1.29 is 9.59 Å². The molecule has 8 heteroatoms. The Labute approximate surface area is 150 Å². The molecule has 3 amide bonds. The summed E-state index contributed by atoms with van der Waals surface area (Å²) in [6.07, 6.45) is 1.99. The maximum atomic E-state index is 11.6. The van der Waals surface area contributed by atoms with Crippen LogP contribution in [0.2, 0.25) is 0 Å². The number of benzene rings is 1. The van der Waals surface area contributed by atoms with Crippen LogP contribution in [0.1, 0.15) is 6.42 Å². The number of hydrogen-bond acceptors (Lipinski definition) is 6. The minimum absolute atomic E-state index is 0.184. The van der Waals surface area contributed by atoms with Gasteiger partial charge in [0.1, 0.15) is 5.82 Å². The van der Waals surface area contributed by atoms with E-state index in [0.29, 0.717) is 18.3 Å². The second-order valence-electron chi connectivity index (χ2n) is 7.34. The molecule has 1 aromatic carbocycles. The summed E-state index contributed by atoms with van der Waals surface area (Å²) in [6, 6.07) is 7.51. The number of amides is 3. The fourth-order valence-corrected chi connectivity index (χ4v) is 4.38. The van der Waals surface area contributed by atoms with Crippen LogP contribution in [0.25, 0.3) is 11.0 Å². The Morgan fingerprint density at radius 3 is 2.46 bits per heavy atom. The van der Waals surface area contributed by atoms with Gasteiger partial charge >= 0.3 is 6.03 Å². The normalized spacial score (nSPS) is 28.9. The van der Waals surface area contributed by atoms with Gasteiger partial charge < -0.3 is 10.2 Å². The first kappa shape index (κ1) is 15.5. The number of fused-ring (bicyclic) bond motifs is 2. The minimum Gasteiger partial charge on any atom is -0.355 e. The molecule has 26 heavy (non-hydrogen) atoms. The zero-order valence-corrected chi connectivity index (χ0v) is 14.3. The van der Waals surface area contributed by atoms with Crippen LogP contribution in [0.4, 0.5) is 10.6 Å². The number of urea groups is 1. The molecule has 134 valence electrons. The number of para-hydroxylation sites is 2. The highest BCUT2D eigenvalue weighted by Gasteiger charge is 2.43. The molecule has 3 unspecified atom stereocenters. The molecule has 3 fully saturated rings. The lowest BCUT2D eigenvalue weighted by Gasteiger charge is -2.32. The van der Waals surface area contributed by atoms with E-state index in [1.807, 2.05) is 30.5 Å². The van der Waals surface area contributed by atoms with Crippen LogP contribution in [0, 0.1) is 11.8 Å². The SMILES string of the molecule is O=C1CC(N2CC3CN(c4cnc5ccccc5n4)CC3C2)NC(=O)N1. The number of carbonyl (C=O) groups excluding carboxylic acids is 2. The second kappa shape index (κ2) is 5.91. The van der Waals surface area contributed by atoms with Crippen LogP contribution in [0.3, 0.4) is 0 Å². The van der Waals surface area contributed by atoms with Crippen LogP contribution in [-0.4, -0.2) is 59.2 Å². The Morgan fingerprint density at radius 1 is 1.00 bits per heavy atom. The maximum Gasteiger partial charge on any atom is 0.322 e. The van der Waals surface area contributed by atoms with E-state index in [1.54, 1.807) is 0 Å². The zero-order valence-electron chi connectivity index (χ0n) is 14.3. The van der Waals surface area contributed by atoms with Crippen molar-refractivity contribution >= 4 is 28.8 Å². The van der Waals surface area contributed by atoms with Gasteiger partial charge in [0.25, 0.3) is 0 Å². The zero-order chi connectivity index (χ0) is 17.7. The maximum absolute atomic E-state index is 11.6. The predicted octanol–water partition coefficient (Wildman–Crippen LogP) is 0.553. The van der Waals surface area contributed by atoms with Crippen LogP contribution in [0.5, 0.6) is 0 Å². The molecule has 0 saturated carbocycles. The number of likely N-dealkylation sites (tertiary alicyclic amines) is 1. The number of nitrogens with one attached hydrogen (secondary N) is 2. The summed E-state index contributed by atoms with van der Waals surface area (Å²) in [5.41, 5.74) is 1.83.